The molecule has 0 N–H and O–H groups in total. The van der Waals surface area contributed by atoms with Crippen molar-refractivity contribution in [1.82, 2.24) is 5.01 Å². The van der Waals surface area contributed by atoms with E-state index >= 15 is 0 Å². The minimum atomic E-state index is -0.802. The van der Waals surface area contributed by atoms with E-state index in [1.54, 1.807) is 0 Å². The highest BCUT2D eigenvalue weighted by Crippen LogP contribution is 2.44. The molecule has 162 valence electrons. The molecule has 33 heavy (non-hydrogen) atoms. The first-order valence-electron chi connectivity index (χ1n) is 11.0. The lowest BCUT2D eigenvalue weighted by atomic mass is 9.95. The summed E-state index contributed by atoms with van der Waals surface area (Å²) in [4.78, 5) is 13.5. The number of fused-ring (bicyclic) bond motifs is 4. The lowest BCUT2D eigenvalue weighted by Gasteiger charge is -2.37. The van der Waals surface area contributed by atoms with Crippen LogP contribution in [0.1, 0.15) is 39.5 Å². The maximum Gasteiger partial charge on any atom is 0.251 e. The molecule has 2 aliphatic heterocycles. The second-order valence-corrected chi connectivity index (χ2v) is 9.51. The van der Waals surface area contributed by atoms with Gasteiger partial charge in [0.05, 0.1) is 11.8 Å². The average Bonchev–Trinajstić information content (AvgIpc) is 3.29. The molecule has 6 rings (SSSR count). The van der Waals surface area contributed by atoms with Crippen molar-refractivity contribution in [1.29, 1.82) is 0 Å². The van der Waals surface area contributed by atoms with Crippen LogP contribution in [0.15, 0.2) is 94.5 Å². The van der Waals surface area contributed by atoms with Crippen molar-refractivity contribution < 1.29 is 9.53 Å². The summed E-state index contributed by atoms with van der Waals surface area (Å²) in [6.07, 6.45) is -0.0904. The second kappa shape index (κ2) is 7.85. The van der Waals surface area contributed by atoms with Gasteiger partial charge in [-0.1, -0.05) is 82.2 Å². The summed E-state index contributed by atoms with van der Waals surface area (Å²) in [7, 11) is 0. The fourth-order valence-electron chi connectivity index (χ4n) is 4.63. The molecule has 0 fully saturated rings. The number of Topliss-reactive ketones (excluding diaryl/α,β-unsaturated/α-hetero) is 1. The first-order chi connectivity index (χ1) is 16.1. The van der Waals surface area contributed by atoms with Gasteiger partial charge in [0.15, 0.2) is 0 Å². The van der Waals surface area contributed by atoms with Gasteiger partial charge in [0.1, 0.15) is 5.75 Å². The highest BCUT2D eigenvalue weighted by Gasteiger charge is 2.43. The summed E-state index contributed by atoms with van der Waals surface area (Å²) in [5.74, 6) is 0.650. The summed E-state index contributed by atoms with van der Waals surface area (Å²) < 4.78 is 7.23. The fraction of sp³-hybridized carbons (Fsp3) is 0.143. The van der Waals surface area contributed by atoms with Crippen molar-refractivity contribution in [3.05, 3.63) is 112 Å². The van der Waals surface area contributed by atoms with E-state index in [9.17, 15) is 4.79 Å². The number of ether oxygens (including phenoxy) is 1. The van der Waals surface area contributed by atoms with Crippen molar-refractivity contribution in [3.8, 4) is 5.75 Å². The summed E-state index contributed by atoms with van der Waals surface area (Å²) in [6.45, 7) is 2.01. The Balaban J connectivity index is 1.43. The lowest BCUT2D eigenvalue weighted by molar-refractivity contribution is -0.00459. The molecule has 0 radical (unpaired) electrons. The highest BCUT2D eigenvalue weighted by molar-refractivity contribution is 9.10. The minimum absolute atomic E-state index is 0.0629. The zero-order valence-electron chi connectivity index (χ0n) is 18.0. The lowest BCUT2D eigenvalue weighted by Crippen LogP contribution is -2.45. The number of hydrazone groups is 1. The molecule has 0 aliphatic carbocycles. The number of carbonyl (C=O) groups is 1. The summed E-state index contributed by atoms with van der Waals surface area (Å²) >= 11 is 3.58. The van der Waals surface area contributed by atoms with Gasteiger partial charge >= 0.3 is 0 Å². The Hall–Kier alpha value is -3.44. The van der Waals surface area contributed by atoms with Crippen LogP contribution < -0.4 is 4.74 Å². The van der Waals surface area contributed by atoms with Crippen molar-refractivity contribution in [3.63, 3.8) is 0 Å². The van der Waals surface area contributed by atoms with Crippen molar-refractivity contribution in [2.45, 2.75) is 25.6 Å². The van der Waals surface area contributed by atoms with E-state index in [1.165, 1.54) is 10.8 Å². The molecule has 0 amide bonds. The maximum atomic E-state index is 13.5. The monoisotopic (exact) mass is 496 g/mol. The van der Waals surface area contributed by atoms with E-state index in [2.05, 4.69) is 52.3 Å². The molecule has 0 saturated heterocycles. The molecule has 4 aromatic rings. The number of aryl methyl sites for hydroxylation is 1. The van der Waals surface area contributed by atoms with Gasteiger partial charge in [-0.2, -0.15) is 5.10 Å². The molecule has 0 bridgehead atoms. The molecular formula is C28H21BrN2O2. The van der Waals surface area contributed by atoms with Gasteiger partial charge in [-0.3, -0.25) is 4.79 Å². The molecule has 4 nitrogen and oxygen atoms in total. The molecular weight excluding hydrogens is 476 g/mol. The second-order valence-electron chi connectivity index (χ2n) is 8.59. The fourth-order valence-corrected chi connectivity index (χ4v) is 5.01. The molecule has 0 saturated carbocycles. The van der Waals surface area contributed by atoms with E-state index < -0.39 is 6.23 Å². The molecule has 4 aromatic carbocycles. The number of benzene rings is 4. The van der Waals surface area contributed by atoms with Crippen LogP contribution in [0.4, 0.5) is 0 Å². The zero-order chi connectivity index (χ0) is 22.5. The smallest absolute Gasteiger partial charge is 0.251 e. The number of nitrogens with zero attached hydrogens (tertiary/aromatic N) is 2. The first-order valence-corrected chi connectivity index (χ1v) is 11.8. The highest BCUT2D eigenvalue weighted by atomic mass is 79.9. The standard InChI is InChI=1S/C28H21BrN2O2/c1-17-6-8-19(9-7-17)27(32)28-31-25(23-15-22(29)12-13-26(23)33-28)16-24(30-31)21-11-10-18-4-2-3-5-20(18)14-21/h2-15,25,28H,16H2,1H3/t25-,28-/m1/s1. The molecule has 0 unspecified atom stereocenters. The van der Waals surface area contributed by atoms with Crippen LogP contribution in [0, 0.1) is 6.92 Å². The predicted octanol–water partition coefficient (Wildman–Crippen LogP) is 6.66. The zero-order valence-corrected chi connectivity index (χ0v) is 19.6. The van der Waals surface area contributed by atoms with Gasteiger partial charge in [-0.15, -0.1) is 0 Å². The first kappa shape index (κ1) is 20.2. The van der Waals surface area contributed by atoms with Gasteiger partial charge in [0, 0.05) is 22.0 Å². The number of hydrogen-bond acceptors (Lipinski definition) is 4. The van der Waals surface area contributed by atoms with Gasteiger partial charge in [0.25, 0.3) is 6.23 Å². The quantitative estimate of drug-likeness (QED) is 0.297. The van der Waals surface area contributed by atoms with Crippen LogP contribution in [0.5, 0.6) is 5.75 Å². The van der Waals surface area contributed by atoms with Crippen molar-refractivity contribution in [2.24, 2.45) is 5.10 Å². The van der Waals surface area contributed by atoms with E-state index in [1.807, 2.05) is 60.5 Å². The molecule has 5 heteroatoms. The Labute approximate surface area is 200 Å². The summed E-state index contributed by atoms with van der Waals surface area (Å²) in [6, 6.07) is 28.2. The number of ketones is 1. The molecule has 2 heterocycles. The predicted molar refractivity (Wildman–Crippen MR) is 134 cm³/mol. The van der Waals surface area contributed by atoms with Gasteiger partial charge in [0.2, 0.25) is 5.78 Å². The van der Waals surface area contributed by atoms with E-state index in [-0.39, 0.29) is 11.8 Å². The van der Waals surface area contributed by atoms with E-state index in [4.69, 9.17) is 9.84 Å². The maximum absolute atomic E-state index is 13.5. The Bertz CT molecular complexity index is 1430. The number of hydrogen-bond donors (Lipinski definition) is 0. The van der Waals surface area contributed by atoms with Crippen molar-refractivity contribution in [2.75, 3.05) is 0 Å². The third kappa shape index (κ3) is 3.53. The Morgan fingerprint density at radius 2 is 1.76 bits per heavy atom. The molecule has 0 aromatic heterocycles. The largest absolute Gasteiger partial charge is 0.461 e. The Morgan fingerprint density at radius 3 is 2.58 bits per heavy atom. The normalized spacial score (nSPS) is 19.0. The van der Waals surface area contributed by atoms with Crippen LogP contribution in [-0.4, -0.2) is 22.7 Å². The van der Waals surface area contributed by atoms with Crippen molar-refractivity contribution >= 4 is 38.2 Å². The molecule has 2 atom stereocenters. The number of halogens is 1. The van der Waals surface area contributed by atoms with Gasteiger partial charge in [-0.25, -0.2) is 5.01 Å². The van der Waals surface area contributed by atoms with Gasteiger partial charge in [-0.05, 0) is 47.5 Å². The topological polar surface area (TPSA) is 41.9 Å². The van der Waals surface area contributed by atoms with Gasteiger partial charge < -0.3 is 4.74 Å². The number of rotatable bonds is 3. The summed E-state index contributed by atoms with van der Waals surface area (Å²) in [5.41, 5.74) is 4.81. The van der Waals surface area contributed by atoms with Crippen LogP contribution in [0.2, 0.25) is 0 Å². The van der Waals surface area contributed by atoms with Crippen LogP contribution in [0.25, 0.3) is 10.8 Å². The molecule has 0 spiro atoms. The van der Waals surface area contributed by atoms with Crippen LogP contribution >= 0.6 is 15.9 Å². The molecule has 2 aliphatic rings. The van der Waals surface area contributed by atoms with Crippen LogP contribution in [0.3, 0.4) is 0 Å². The Morgan fingerprint density at radius 1 is 0.970 bits per heavy atom. The Kier molecular flexibility index (Phi) is 4.80. The van der Waals surface area contributed by atoms with Crippen LogP contribution in [-0.2, 0) is 0 Å². The number of carbonyl (C=O) groups excluding carboxylic acids is 1. The SMILES string of the molecule is Cc1ccc(C(=O)[C@H]2Oc3ccc(Br)cc3[C@H]3CC(c4ccc5ccccc5c4)=NN23)cc1. The minimum Gasteiger partial charge on any atom is -0.461 e. The van der Waals surface area contributed by atoms with E-state index in [0.29, 0.717) is 12.0 Å². The summed E-state index contributed by atoms with van der Waals surface area (Å²) in [5, 5.41) is 9.17. The third-order valence-electron chi connectivity index (χ3n) is 6.39. The average molecular weight is 497 g/mol. The third-order valence-corrected chi connectivity index (χ3v) is 6.89. The van der Waals surface area contributed by atoms with E-state index in [0.717, 1.165) is 32.6 Å².